The summed E-state index contributed by atoms with van der Waals surface area (Å²) in [5, 5.41) is 0. The Morgan fingerprint density at radius 2 is 2.19 bits per heavy atom. The van der Waals surface area contributed by atoms with Crippen LogP contribution in [0.1, 0.15) is 31.4 Å². The molecule has 16 heavy (non-hydrogen) atoms. The van der Waals surface area contributed by atoms with Crippen molar-refractivity contribution in [2.24, 2.45) is 5.73 Å². The van der Waals surface area contributed by atoms with Gasteiger partial charge in [0.05, 0.1) is 5.69 Å². The minimum atomic E-state index is 0.336. The van der Waals surface area contributed by atoms with E-state index in [-0.39, 0.29) is 0 Å². The van der Waals surface area contributed by atoms with E-state index in [0.29, 0.717) is 12.1 Å². The van der Waals surface area contributed by atoms with Crippen molar-refractivity contribution in [1.82, 2.24) is 9.88 Å². The molecule has 1 aromatic heterocycles. The van der Waals surface area contributed by atoms with Crippen molar-refractivity contribution in [1.29, 1.82) is 0 Å². The fraction of sp³-hybridized carbons (Fsp3) is 0.615. The fourth-order valence-corrected chi connectivity index (χ4v) is 2.55. The molecule has 0 spiro atoms. The maximum absolute atomic E-state index is 6.17. The van der Waals surface area contributed by atoms with Crippen LogP contribution in [0.5, 0.6) is 0 Å². The molecule has 1 aliphatic carbocycles. The van der Waals surface area contributed by atoms with Gasteiger partial charge in [-0.05, 0) is 32.0 Å². The average molecular weight is 219 g/mol. The molecule has 1 aliphatic rings. The number of rotatable bonds is 3. The summed E-state index contributed by atoms with van der Waals surface area (Å²) in [5.41, 5.74) is 7.30. The first-order chi connectivity index (χ1) is 7.77. The van der Waals surface area contributed by atoms with Crippen molar-refractivity contribution in [2.45, 2.75) is 44.3 Å². The minimum absolute atomic E-state index is 0.336. The first-order valence-corrected chi connectivity index (χ1v) is 6.13. The summed E-state index contributed by atoms with van der Waals surface area (Å²) in [6.07, 6.45) is 6.84. The highest BCUT2D eigenvalue weighted by Crippen LogP contribution is 2.21. The predicted octanol–water partition coefficient (Wildman–Crippen LogP) is 1.78. The standard InChI is InChI=1S/C13H21N3/c1-16(10-11-6-4-5-9-15-11)13-8-3-2-7-12(13)14/h4-6,9,12-13H,2-3,7-8,10,14H2,1H3. The fourth-order valence-electron chi connectivity index (χ4n) is 2.55. The Labute approximate surface area is 97.7 Å². The van der Waals surface area contributed by atoms with E-state index < -0.39 is 0 Å². The molecular weight excluding hydrogens is 198 g/mol. The Hall–Kier alpha value is -0.930. The zero-order valence-corrected chi connectivity index (χ0v) is 9.97. The van der Waals surface area contributed by atoms with Gasteiger partial charge >= 0.3 is 0 Å². The molecule has 0 radical (unpaired) electrons. The minimum Gasteiger partial charge on any atom is -0.326 e. The molecule has 0 aliphatic heterocycles. The number of nitrogens with two attached hydrogens (primary N) is 1. The van der Waals surface area contributed by atoms with Gasteiger partial charge in [0.25, 0.3) is 0 Å². The van der Waals surface area contributed by atoms with Crippen molar-refractivity contribution < 1.29 is 0 Å². The summed E-state index contributed by atoms with van der Waals surface area (Å²) >= 11 is 0. The Balaban J connectivity index is 1.94. The van der Waals surface area contributed by atoms with Crippen LogP contribution < -0.4 is 5.73 Å². The van der Waals surface area contributed by atoms with Gasteiger partial charge in [-0.1, -0.05) is 18.9 Å². The van der Waals surface area contributed by atoms with Gasteiger partial charge < -0.3 is 5.73 Å². The molecule has 1 fully saturated rings. The van der Waals surface area contributed by atoms with E-state index in [4.69, 9.17) is 5.73 Å². The Morgan fingerprint density at radius 1 is 1.38 bits per heavy atom. The van der Waals surface area contributed by atoms with Gasteiger partial charge in [-0.3, -0.25) is 9.88 Å². The van der Waals surface area contributed by atoms with E-state index in [1.807, 2.05) is 18.3 Å². The topological polar surface area (TPSA) is 42.2 Å². The molecule has 0 aromatic carbocycles. The third-order valence-corrected chi connectivity index (χ3v) is 3.49. The first-order valence-electron chi connectivity index (χ1n) is 6.13. The van der Waals surface area contributed by atoms with Gasteiger partial charge in [-0.2, -0.15) is 0 Å². The summed E-state index contributed by atoms with van der Waals surface area (Å²) in [7, 11) is 2.16. The van der Waals surface area contributed by atoms with Crippen LogP contribution in [0.3, 0.4) is 0 Å². The molecule has 1 heterocycles. The Kier molecular flexibility index (Phi) is 3.91. The number of hydrogen-bond acceptors (Lipinski definition) is 3. The number of pyridine rings is 1. The Morgan fingerprint density at radius 3 is 2.88 bits per heavy atom. The van der Waals surface area contributed by atoms with Gasteiger partial charge in [-0.15, -0.1) is 0 Å². The summed E-state index contributed by atoms with van der Waals surface area (Å²) in [4.78, 5) is 6.71. The van der Waals surface area contributed by atoms with Crippen LogP contribution in [0, 0.1) is 0 Å². The zero-order valence-electron chi connectivity index (χ0n) is 9.97. The van der Waals surface area contributed by atoms with Crippen molar-refractivity contribution in [3.63, 3.8) is 0 Å². The quantitative estimate of drug-likeness (QED) is 0.842. The molecule has 88 valence electrons. The largest absolute Gasteiger partial charge is 0.326 e. The van der Waals surface area contributed by atoms with Gasteiger partial charge in [0.1, 0.15) is 0 Å². The molecule has 3 nitrogen and oxygen atoms in total. The highest BCUT2D eigenvalue weighted by molar-refractivity contribution is 5.03. The molecule has 0 bridgehead atoms. The first kappa shape index (κ1) is 11.6. The van der Waals surface area contributed by atoms with Crippen molar-refractivity contribution in [3.8, 4) is 0 Å². The Bertz CT molecular complexity index is 312. The SMILES string of the molecule is CN(Cc1ccccn1)C1CCCCC1N. The second-order valence-corrected chi connectivity index (χ2v) is 4.75. The van der Waals surface area contributed by atoms with Gasteiger partial charge in [0.2, 0.25) is 0 Å². The van der Waals surface area contributed by atoms with Gasteiger partial charge in [0.15, 0.2) is 0 Å². The van der Waals surface area contributed by atoms with Crippen LogP contribution in [0.4, 0.5) is 0 Å². The van der Waals surface area contributed by atoms with Crippen LogP contribution >= 0.6 is 0 Å². The molecule has 0 amide bonds. The van der Waals surface area contributed by atoms with Crippen LogP contribution in [0.15, 0.2) is 24.4 Å². The number of hydrogen-bond donors (Lipinski definition) is 1. The molecule has 2 unspecified atom stereocenters. The average Bonchev–Trinajstić information content (AvgIpc) is 2.31. The van der Waals surface area contributed by atoms with Crippen LogP contribution in [0.25, 0.3) is 0 Å². The molecule has 2 rings (SSSR count). The van der Waals surface area contributed by atoms with Crippen LogP contribution in [-0.4, -0.2) is 29.0 Å². The monoisotopic (exact) mass is 219 g/mol. The third-order valence-electron chi connectivity index (χ3n) is 3.49. The zero-order chi connectivity index (χ0) is 11.4. The van der Waals surface area contributed by atoms with E-state index in [9.17, 15) is 0 Å². The lowest BCUT2D eigenvalue weighted by Crippen LogP contribution is -2.47. The highest BCUT2D eigenvalue weighted by atomic mass is 15.2. The van der Waals surface area contributed by atoms with Gasteiger partial charge in [-0.25, -0.2) is 0 Å². The maximum Gasteiger partial charge on any atom is 0.0543 e. The van der Waals surface area contributed by atoms with E-state index >= 15 is 0 Å². The number of nitrogens with zero attached hydrogens (tertiary/aromatic N) is 2. The van der Waals surface area contributed by atoms with Crippen molar-refractivity contribution >= 4 is 0 Å². The molecule has 1 saturated carbocycles. The summed E-state index contributed by atoms with van der Waals surface area (Å²) < 4.78 is 0. The molecule has 0 saturated heterocycles. The van der Waals surface area contributed by atoms with Gasteiger partial charge in [0, 0.05) is 24.8 Å². The molecule has 2 N–H and O–H groups in total. The second kappa shape index (κ2) is 5.41. The highest BCUT2D eigenvalue weighted by Gasteiger charge is 2.25. The molecule has 2 atom stereocenters. The summed E-state index contributed by atoms with van der Waals surface area (Å²) in [6, 6.07) is 6.93. The smallest absolute Gasteiger partial charge is 0.0543 e. The molecule has 3 heteroatoms. The third kappa shape index (κ3) is 2.80. The summed E-state index contributed by atoms with van der Waals surface area (Å²) in [6.45, 7) is 0.902. The summed E-state index contributed by atoms with van der Waals surface area (Å²) in [5.74, 6) is 0. The predicted molar refractivity (Wildman–Crippen MR) is 65.9 cm³/mol. The van der Waals surface area contributed by atoms with Crippen molar-refractivity contribution in [2.75, 3.05) is 7.05 Å². The number of likely N-dealkylation sites (N-methyl/N-ethyl adjacent to an activating group) is 1. The number of aromatic nitrogens is 1. The van der Waals surface area contributed by atoms with E-state index in [1.54, 1.807) is 0 Å². The maximum atomic E-state index is 6.17. The van der Waals surface area contributed by atoms with Crippen LogP contribution in [-0.2, 0) is 6.54 Å². The van der Waals surface area contributed by atoms with E-state index in [0.717, 1.165) is 18.7 Å². The molecule has 1 aromatic rings. The second-order valence-electron chi connectivity index (χ2n) is 4.75. The van der Waals surface area contributed by atoms with E-state index in [2.05, 4.69) is 23.0 Å². The molecular formula is C13H21N3. The van der Waals surface area contributed by atoms with Crippen molar-refractivity contribution in [3.05, 3.63) is 30.1 Å². The lowest BCUT2D eigenvalue weighted by molar-refractivity contribution is 0.161. The van der Waals surface area contributed by atoms with Crippen LogP contribution in [0.2, 0.25) is 0 Å². The lowest BCUT2D eigenvalue weighted by atomic mass is 9.90. The normalized spacial score (nSPS) is 25.9. The van der Waals surface area contributed by atoms with E-state index in [1.165, 1.54) is 19.3 Å². The lowest BCUT2D eigenvalue weighted by Gasteiger charge is -2.35.